The van der Waals surface area contributed by atoms with Crippen molar-refractivity contribution in [1.29, 1.82) is 5.26 Å². The maximum atomic E-state index is 12.6. The van der Waals surface area contributed by atoms with Gasteiger partial charge in [0.05, 0.1) is 10.5 Å². The zero-order valence-corrected chi connectivity index (χ0v) is 12.5. The minimum Gasteiger partial charge on any atom is -0.350 e. The van der Waals surface area contributed by atoms with Gasteiger partial charge in [-0.1, -0.05) is 18.2 Å². The van der Waals surface area contributed by atoms with Crippen molar-refractivity contribution in [2.24, 2.45) is 5.92 Å². The lowest BCUT2D eigenvalue weighted by atomic mass is 9.98. The summed E-state index contributed by atoms with van der Waals surface area (Å²) < 4.78 is 0.820. The van der Waals surface area contributed by atoms with Crippen molar-refractivity contribution < 1.29 is 4.79 Å². The fourth-order valence-electron chi connectivity index (χ4n) is 2.62. The average Bonchev–Trinajstić information content (AvgIpc) is 2.84. The Balaban J connectivity index is 1.86. The number of fused-ring (bicyclic) bond motifs is 1. The molecule has 0 aliphatic carbocycles. The quantitative estimate of drug-likeness (QED) is 0.871. The summed E-state index contributed by atoms with van der Waals surface area (Å²) in [4.78, 5) is 17.6. The van der Waals surface area contributed by atoms with Gasteiger partial charge in [-0.2, -0.15) is 5.26 Å². The zero-order chi connectivity index (χ0) is 14.1. The molecule has 5 heteroatoms. The molecular weight excluding hydrogens is 318 g/mol. The van der Waals surface area contributed by atoms with Gasteiger partial charge < -0.3 is 9.88 Å². The smallest absolute Gasteiger partial charge is 0.271 e. The van der Waals surface area contributed by atoms with Crippen LogP contribution in [0, 0.1) is 17.2 Å². The van der Waals surface area contributed by atoms with Crippen LogP contribution in [0.5, 0.6) is 0 Å². The summed E-state index contributed by atoms with van der Waals surface area (Å²) in [7, 11) is 0. The molecule has 0 unspecified atom stereocenters. The number of likely N-dealkylation sites (tertiary alicyclic amines) is 1. The number of amides is 1. The number of carbonyl (C=O) groups is 1. The number of para-hydroxylation sites is 1. The van der Waals surface area contributed by atoms with Crippen molar-refractivity contribution in [2.75, 3.05) is 13.1 Å². The first-order valence-electron chi connectivity index (χ1n) is 6.66. The Morgan fingerprint density at radius 3 is 2.70 bits per heavy atom. The van der Waals surface area contributed by atoms with Crippen LogP contribution in [0.4, 0.5) is 0 Å². The van der Waals surface area contributed by atoms with Crippen LogP contribution in [0.15, 0.2) is 28.7 Å². The van der Waals surface area contributed by atoms with Gasteiger partial charge in [0.1, 0.15) is 5.69 Å². The van der Waals surface area contributed by atoms with Crippen molar-refractivity contribution in [3.63, 3.8) is 0 Å². The van der Waals surface area contributed by atoms with E-state index in [4.69, 9.17) is 5.26 Å². The molecule has 0 radical (unpaired) electrons. The van der Waals surface area contributed by atoms with E-state index in [-0.39, 0.29) is 11.8 Å². The molecule has 0 bridgehead atoms. The largest absolute Gasteiger partial charge is 0.350 e. The first kappa shape index (κ1) is 13.2. The van der Waals surface area contributed by atoms with Crippen molar-refractivity contribution in [3.05, 3.63) is 34.4 Å². The second kappa shape index (κ2) is 5.29. The molecule has 4 nitrogen and oxygen atoms in total. The zero-order valence-electron chi connectivity index (χ0n) is 10.9. The molecule has 1 amide bonds. The summed E-state index contributed by atoms with van der Waals surface area (Å²) in [6.07, 6.45) is 1.53. The molecule has 0 spiro atoms. The van der Waals surface area contributed by atoms with Gasteiger partial charge >= 0.3 is 0 Å². The minimum atomic E-state index is 0.00413. The van der Waals surface area contributed by atoms with Crippen LogP contribution in [-0.2, 0) is 0 Å². The van der Waals surface area contributed by atoms with Gasteiger partial charge in [-0.15, -0.1) is 0 Å². The first-order valence-corrected chi connectivity index (χ1v) is 7.45. The molecule has 102 valence electrons. The van der Waals surface area contributed by atoms with Crippen LogP contribution < -0.4 is 0 Å². The van der Waals surface area contributed by atoms with Gasteiger partial charge in [0.25, 0.3) is 5.91 Å². The minimum absolute atomic E-state index is 0.00413. The molecule has 1 fully saturated rings. The van der Waals surface area contributed by atoms with E-state index in [9.17, 15) is 4.79 Å². The first-order chi connectivity index (χ1) is 9.70. The summed E-state index contributed by atoms with van der Waals surface area (Å²) in [5, 5.41) is 9.92. The highest BCUT2D eigenvalue weighted by Crippen LogP contribution is 2.29. The Bertz CT molecular complexity index is 693. The third kappa shape index (κ3) is 2.20. The van der Waals surface area contributed by atoms with E-state index < -0.39 is 0 Å². The molecule has 3 rings (SSSR count). The van der Waals surface area contributed by atoms with Crippen molar-refractivity contribution in [3.8, 4) is 6.07 Å². The summed E-state index contributed by atoms with van der Waals surface area (Å²) in [5.74, 6) is 0.0923. The summed E-state index contributed by atoms with van der Waals surface area (Å²) in [6, 6.07) is 10.1. The number of hydrogen-bond donors (Lipinski definition) is 1. The number of hydrogen-bond acceptors (Lipinski definition) is 2. The SMILES string of the molecule is N#CC1CCN(C(=O)c2[nH]c3ccccc3c2Br)CC1. The number of nitriles is 1. The molecule has 1 aliphatic heterocycles. The topological polar surface area (TPSA) is 59.9 Å². The van der Waals surface area contributed by atoms with E-state index in [0.717, 1.165) is 28.2 Å². The third-order valence-corrected chi connectivity index (χ3v) is 4.64. The lowest BCUT2D eigenvalue weighted by molar-refractivity contribution is 0.0701. The molecule has 0 saturated carbocycles. The number of H-pyrrole nitrogens is 1. The Labute approximate surface area is 125 Å². The highest BCUT2D eigenvalue weighted by molar-refractivity contribution is 9.10. The summed E-state index contributed by atoms with van der Waals surface area (Å²) >= 11 is 3.51. The van der Waals surface area contributed by atoms with Gasteiger partial charge in [0.2, 0.25) is 0 Å². The third-order valence-electron chi connectivity index (χ3n) is 3.82. The summed E-state index contributed by atoms with van der Waals surface area (Å²) in [5.41, 5.74) is 1.55. The standard InChI is InChI=1S/C15H14BrN3O/c16-13-11-3-1-2-4-12(11)18-14(13)15(20)19-7-5-10(9-17)6-8-19/h1-4,10,18H,5-8H2. The van der Waals surface area contributed by atoms with Gasteiger partial charge in [-0.3, -0.25) is 4.79 Å². The van der Waals surface area contributed by atoms with Crippen LogP contribution in [-0.4, -0.2) is 28.9 Å². The van der Waals surface area contributed by atoms with Gasteiger partial charge in [0, 0.05) is 29.9 Å². The number of nitrogens with one attached hydrogen (secondary N) is 1. The molecule has 1 aliphatic rings. The number of aromatic nitrogens is 1. The van der Waals surface area contributed by atoms with Crippen molar-refractivity contribution in [2.45, 2.75) is 12.8 Å². The predicted molar refractivity (Wildman–Crippen MR) is 80.2 cm³/mol. The van der Waals surface area contributed by atoms with Crippen LogP contribution in [0.25, 0.3) is 10.9 Å². The van der Waals surface area contributed by atoms with Crippen molar-refractivity contribution >= 4 is 32.7 Å². The molecule has 1 N–H and O–H groups in total. The Kier molecular flexibility index (Phi) is 3.49. The Hall–Kier alpha value is -1.80. The van der Waals surface area contributed by atoms with E-state index in [1.165, 1.54) is 0 Å². The maximum Gasteiger partial charge on any atom is 0.271 e. The number of piperidine rings is 1. The van der Waals surface area contributed by atoms with Crippen LogP contribution in [0.1, 0.15) is 23.3 Å². The lowest BCUT2D eigenvalue weighted by Crippen LogP contribution is -2.38. The molecule has 2 aromatic rings. The highest BCUT2D eigenvalue weighted by Gasteiger charge is 2.26. The second-order valence-corrected chi connectivity index (χ2v) is 5.85. The lowest BCUT2D eigenvalue weighted by Gasteiger charge is -2.28. The van der Waals surface area contributed by atoms with Crippen molar-refractivity contribution in [1.82, 2.24) is 9.88 Å². The fourth-order valence-corrected chi connectivity index (χ4v) is 3.24. The maximum absolute atomic E-state index is 12.6. The van der Waals surface area contributed by atoms with Crippen LogP contribution in [0.2, 0.25) is 0 Å². The van der Waals surface area contributed by atoms with Crippen LogP contribution in [0.3, 0.4) is 0 Å². The van der Waals surface area contributed by atoms with E-state index in [2.05, 4.69) is 27.0 Å². The number of carbonyl (C=O) groups excluding carboxylic acids is 1. The fraction of sp³-hybridized carbons (Fsp3) is 0.333. The van der Waals surface area contributed by atoms with Gasteiger partial charge in [0.15, 0.2) is 0 Å². The molecule has 2 heterocycles. The van der Waals surface area contributed by atoms with E-state index >= 15 is 0 Å². The molecule has 0 atom stereocenters. The number of benzene rings is 1. The highest BCUT2D eigenvalue weighted by atomic mass is 79.9. The Morgan fingerprint density at radius 2 is 2.05 bits per heavy atom. The number of halogens is 1. The number of nitrogens with zero attached hydrogens (tertiary/aromatic N) is 2. The van der Waals surface area contributed by atoms with Crippen LogP contribution >= 0.6 is 15.9 Å². The molecule has 1 saturated heterocycles. The monoisotopic (exact) mass is 331 g/mol. The molecule has 1 aromatic carbocycles. The van der Waals surface area contributed by atoms with Gasteiger partial charge in [-0.25, -0.2) is 0 Å². The predicted octanol–water partition coefficient (Wildman–Crippen LogP) is 3.31. The average molecular weight is 332 g/mol. The molecule has 20 heavy (non-hydrogen) atoms. The molecular formula is C15H14BrN3O. The van der Waals surface area contributed by atoms with E-state index in [0.29, 0.717) is 18.8 Å². The van der Waals surface area contributed by atoms with E-state index in [1.54, 1.807) is 0 Å². The normalized spacial score (nSPS) is 16.3. The van der Waals surface area contributed by atoms with Gasteiger partial charge in [-0.05, 0) is 34.8 Å². The molecule has 1 aromatic heterocycles. The second-order valence-electron chi connectivity index (χ2n) is 5.06. The Morgan fingerprint density at radius 1 is 1.35 bits per heavy atom. The van der Waals surface area contributed by atoms with E-state index in [1.807, 2.05) is 29.2 Å². The summed E-state index contributed by atoms with van der Waals surface area (Å²) in [6.45, 7) is 1.30. The number of aromatic amines is 1. The number of rotatable bonds is 1.